The molecule has 212 valence electrons. The lowest BCUT2D eigenvalue weighted by atomic mass is 9.60. The number of carbonyl (C=O) groups is 2. The normalized spacial score (nSPS) is 28.9. The molecule has 1 aromatic carbocycles. The van der Waals surface area contributed by atoms with Crippen molar-refractivity contribution in [1.82, 2.24) is 5.32 Å². The van der Waals surface area contributed by atoms with Gasteiger partial charge in [0.05, 0.1) is 38.5 Å². The molecule has 0 saturated heterocycles. The molecule has 3 aliphatic rings. The van der Waals surface area contributed by atoms with Crippen LogP contribution < -0.4 is 5.32 Å². The minimum atomic E-state index is -1.67. The second-order valence-corrected chi connectivity index (χ2v) is 18.5. The van der Waals surface area contributed by atoms with Crippen molar-refractivity contribution < 1.29 is 24.2 Å². The second kappa shape index (κ2) is 13.3. The van der Waals surface area contributed by atoms with Crippen molar-refractivity contribution >= 4 is 20.1 Å². The molecule has 6 nitrogen and oxygen atoms in total. The standard InChI is InChI=1S/C24H39NO5Si.C7H10/c1-17(2)24(22(26)27)14-10-13-20(16-29-15-19-11-8-7-9-12-19)21(24)25-23(28)30-18(3)31(4,5)6;1-2-7-4-3-6(1)5-7/h7-9,11-12,17-18,20-21H,10,13-16H2,1-6H3,(H,25,28)(H,26,27);1-2,6-7H,3-5H2. The number of carbonyl (C=O) groups excluding carboxylic acids is 1. The van der Waals surface area contributed by atoms with Crippen LogP contribution in [-0.4, -0.2) is 43.6 Å². The maximum atomic E-state index is 12.8. The van der Waals surface area contributed by atoms with Crippen LogP contribution in [0.2, 0.25) is 19.6 Å². The summed E-state index contributed by atoms with van der Waals surface area (Å²) < 4.78 is 11.7. The summed E-state index contributed by atoms with van der Waals surface area (Å²) in [6.45, 7) is 13.0. The van der Waals surface area contributed by atoms with Gasteiger partial charge >= 0.3 is 12.1 Å². The Morgan fingerprint density at radius 1 is 1.05 bits per heavy atom. The SMILES string of the molecule is C1=CC2CCC1C2.CC(C)C1(C(=O)O)CCCC(COCc2ccccc2)C1NC(=O)OC(C)[Si](C)(C)C. The van der Waals surface area contributed by atoms with E-state index in [0.29, 0.717) is 19.6 Å². The van der Waals surface area contributed by atoms with Gasteiger partial charge < -0.3 is 19.9 Å². The lowest BCUT2D eigenvalue weighted by Crippen LogP contribution is -2.61. The molecule has 0 spiro atoms. The maximum absolute atomic E-state index is 12.8. The topological polar surface area (TPSA) is 84.9 Å². The average Bonchev–Trinajstić information content (AvgIpc) is 3.51. The number of benzene rings is 1. The van der Waals surface area contributed by atoms with Crippen LogP contribution in [0.1, 0.15) is 64.9 Å². The Morgan fingerprint density at radius 2 is 1.68 bits per heavy atom. The molecule has 1 amide bonds. The molecule has 0 aliphatic heterocycles. The maximum Gasteiger partial charge on any atom is 0.407 e. The number of carboxylic acids is 1. The second-order valence-electron chi connectivity index (χ2n) is 12.9. The summed E-state index contributed by atoms with van der Waals surface area (Å²) >= 11 is 0. The fraction of sp³-hybridized carbons (Fsp3) is 0.677. The minimum absolute atomic E-state index is 0.0919. The van der Waals surface area contributed by atoms with Gasteiger partial charge in [0.15, 0.2) is 0 Å². The van der Waals surface area contributed by atoms with Gasteiger partial charge in [-0.05, 0) is 62.3 Å². The highest BCUT2D eigenvalue weighted by atomic mass is 28.3. The van der Waals surface area contributed by atoms with Gasteiger partial charge in [-0.15, -0.1) is 0 Å². The van der Waals surface area contributed by atoms with Gasteiger partial charge in [0.1, 0.15) is 0 Å². The van der Waals surface area contributed by atoms with Crippen LogP contribution in [-0.2, 0) is 20.9 Å². The van der Waals surface area contributed by atoms with E-state index in [1.807, 2.05) is 51.1 Å². The van der Waals surface area contributed by atoms with Gasteiger partial charge in [-0.2, -0.15) is 0 Å². The summed E-state index contributed by atoms with van der Waals surface area (Å²) in [6.07, 6.45) is 10.8. The molecule has 3 aliphatic carbocycles. The molecule has 2 fully saturated rings. The van der Waals surface area contributed by atoms with E-state index in [2.05, 4.69) is 37.1 Å². The summed E-state index contributed by atoms with van der Waals surface area (Å²) in [5.74, 6) is 0.890. The zero-order valence-electron chi connectivity index (χ0n) is 24.2. The molecule has 6 unspecified atom stereocenters. The Bertz CT molecular complexity index is 931. The van der Waals surface area contributed by atoms with E-state index in [9.17, 15) is 14.7 Å². The van der Waals surface area contributed by atoms with Crippen molar-refractivity contribution in [3.8, 4) is 0 Å². The highest BCUT2D eigenvalue weighted by Gasteiger charge is 2.54. The number of allylic oxidation sites excluding steroid dienone is 2. The number of nitrogens with one attached hydrogen (secondary N) is 1. The van der Waals surface area contributed by atoms with Crippen molar-refractivity contribution in [3.63, 3.8) is 0 Å². The zero-order valence-corrected chi connectivity index (χ0v) is 25.2. The fourth-order valence-corrected chi connectivity index (χ4v) is 6.54. The Labute approximate surface area is 230 Å². The number of hydrogen-bond donors (Lipinski definition) is 2. The lowest BCUT2D eigenvalue weighted by Gasteiger charge is -2.47. The number of rotatable bonds is 9. The van der Waals surface area contributed by atoms with Crippen LogP contribution in [0.3, 0.4) is 0 Å². The smallest absolute Gasteiger partial charge is 0.407 e. The Morgan fingerprint density at radius 3 is 2.16 bits per heavy atom. The molecule has 2 N–H and O–H groups in total. The van der Waals surface area contributed by atoms with E-state index < -0.39 is 31.6 Å². The van der Waals surface area contributed by atoms with Crippen molar-refractivity contribution in [2.24, 2.45) is 29.1 Å². The molecule has 4 rings (SSSR count). The summed E-state index contributed by atoms with van der Waals surface area (Å²) in [4.78, 5) is 25.3. The van der Waals surface area contributed by atoms with Crippen LogP contribution in [0, 0.1) is 29.1 Å². The summed E-state index contributed by atoms with van der Waals surface area (Å²) in [5, 5.41) is 13.2. The predicted molar refractivity (Wildman–Crippen MR) is 155 cm³/mol. The number of ether oxygens (including phenoxy) is 2. The highest BCUT2D eigenvalue weighted by molar-refractivity contribution is 6.77. The van der Waals surface area contributed by atoms with Crippen LogP contribution in [0.5, 0.6) is 0 Å². The Kier molecular flexibility index (Phi) is 10.6. The van der Waals surface area contributed by atoms with Gasteiger partial charge in [-0.1, -0.05) is 82.4 Å². The summed E-state index contributed by atoms with van der Waals surface area (Å²) in [7, 11) is -1.67. The fourth-order valence-electron chi connectivity index (χ4n) is 6.08. The van der Waals surface area contributed by atoms with E-state index in [1.165, 1.54) is 19.3 Å². The number of hydrogen-bond acceptors (Lipinski definition) is 4. The van der Waals surface area contributed by atoms with Crippen molar-refractivity contribution in [2.45, 2.75) is 97.3 Å². The zero-order chi connectivity index (χ0) is 27.9. The van der Waals surface area contributed by atoms with E-state index in [1.54, 1.807) is 0 Å². The van der Waals surface area contributed by atoms with Gasteiger partial charge in [0, 0.05) is 5.92 Å². The van der Waals surface area contributed by atoms with E-state index in [0.717, 1.165) is 30.2 Å². The first-order chi connectivity index (χ1) is 17.9. The van der Waals surface area contributed by atoms with Crippen LogP contribution >= 0.6 is 0 Å². The third-order valence-electron chi connectivity index (χ3n) is 9.01. The molecule has 0 aromatic heterocycles. The molecule has 0 heterocycles. The predicted octanol–water partition coefficient (Wildman–Crippen LogP) is 7.06. The van der Waals surface area contributed by atoms with Gasteiger partial charge in [0.2, 0.25) is 0 Å². The number of carboxylic acid groups (broad SMARTS) is 1. The number of aliphatic carboxylic acids is 1. The van der Waals surface area contributed by atoms with Crippen molar-refractivity contribution in [3.05, 3.63) is 48.0 Å². The van der Waals surface area contributed by atoms with Gasteiger partial charge in [-0.3, -0.25) is 4.79 Å². The lowest BCUT2D eigenvalue weighted by molar-refractivity contribution is -0.159. The molecule has 6 atom stereocenters. The average molecular weight is 544 g/mol. The molecular weight excluding hydrogens is 494 g/mol. The van der Waals surface area contributed by atoms with Crippen molar-refractivity contribution in [2.75, 3.05) is 6.61 Å². The van der Waals surface area contributed by atoms with Crippen LogP contribution in [0.15, 0.2) is 42.5 Å². The summed E-state index contributed by atoms with van der Waals surface area (Å²) in [6, 6.07) is 9.35. The third kappa shape index (κ3) is 7.72. The third-order valence-corrected chi connectivity index (χ3v) is 11.6. The van der Waals surface area contributed by atoms with Crippen LogP contribution in [0.4, 0.5) is 4.79 Å². The first kappa shape index (κ1) is 30.4. The first-order valence-corrected chi connectivity index (χ1v) is 18.0. The van der Waals surface area contributed by atoms with Gasteiger partial charge in [0.25, 0.3) is 0 Å². The van der Waals surface area contributed by atoms with E-state index in [4.69, 9.17) is 9.47 Å². The largest absolute Gasteiger partial charge is 0.481 e. The highest BCUT2D eigenvalue weighted by Crippen LogP contribution is 2.46. The number of alkyl carbamates (subject to hydrolysis) is 1. The minimum Gasteiger partial charge on any atom is -0.481 e. The Hall–Kier alpha value is -2.12. The summed E-state index contributed by atoms with van der Waals surface area (Å²) in [5.41, 5.74) is -0.137. The van der Waals surface area contributed by atoms with Crippen molar-refractivity contribution in [1.29, 1.82) is 0 Å². The molecule has 1 aromatic rings. The quantitative estimate of drug-likeness (QED) is 0.257. The van der Waals surface area contributed by atoms with E-state index in [-0.39, 0.29) is 17.6 Å². The molecule has 7 heteroatoms. The monoisotopic (exact) mass is 543 g/mol. The molecule has 2 saturated carbocycles. The van der Waals surface area contributed by atoms with E-state index >= 15 is 0 Å². The molecule has 0 radical (unpaired) electrons. The first-order valence-electron chi connectivity index (χ1n) is 14.4. The van der Waals surface area contributed by atoms with Crippen LogP contribution in [0.25, 0.3) is 0 Å². The van der Waals surface area contributed by atoms with Gasteiger partial charge in [-0.25, -0.2) is 4.79 Å². The molecule has 38 heavy (non-hydrogen) atoms. The Balaban J connectivity index is 0.000000483. The molecule has 2 bridgehead atoms. The number of amides is 1. The number of fused-ring (bicyclic) bond motifs is 2. The molecular formula is C31H49NO5Si.